The predicted molar refractivity (Wildman–Crippen MR) is 107 cm³/mol. The number of anilines is 1. The lowest BCUT2D eigenvalue weighted by atomic mass is 10.2. The van der Waals surface area contributed by atoms with Crippen molar-refractivity contribution in [3.63, 3.8) is 0 Å². The number of methoxy groups -OCH3 is 1. The number of hydrogen-bond acceptors (Lipinski definition) is 6. The number of halogens is 1. The minimum absolute atomic E-state index is 0.179. The van der Waals surface area contributed by atoms with E-state index in [1.54, 1.807) is 42.5 Å². The number of nitrogens with one attached hydrogen (secondary N) is 2. The van der Waals surface area contributed by atoms with Crippen LogP contribution in [0.5, 0.6) is 5.75 Å². The first-order valence-corrected chi connectivity index (χ1v) is 8.93. The van der Waals surface area contributed by atoms with Crippen LogP contribution in [-0.2, 0) is 19.1 Å². The molecule has 28 heavy (non-hydrogen) atoms. The Morgan fingerprint density at radius 3 is 2.46 bits per heavy atom. The summed E-state index contributed by atoms with van der Waals surface area (Å²) in [5.74, 6) is -0.974. The summed E-state index contributed by atoms with van der Waals surface area (Å²) in [6, 6.07) is 13.8. The number of ether oxygens (including phenoxy) is 2. The second kappa shape index (κ2) is 10.8. The van der Waals surface area contributed by atoms with Gasteiger partial charge < -0.3 is 14.8 Å². The molecule has 0 saturated heterocycles. The van der Waals surface area contributed by atoms with Gasteiger partial charge in [0.1, 0.15) is 12.2 Å². The van der Waals surface area contributed by atoms with Crippen molar-refractivity contribution >= 4 is 45.6 Å². The minimum Gasteiger partial charge on any atom is -0.482 e. The van der Waals surface area contributed by atoms with Crippen LogP contribution < -0.4 is 15.5 Å². The van der Waals surface area contributed by atoms with Gasteiger partial charge in [0.15, 0.2) is 6.61 Å². The molecule has 8 nitrogen and oxygen atoms in total. The normalized spacial score (nSPS) is 10.4. The third-order valence-corrected chi connectivity index (χ3v) is 4.03. The molecule has 0 atom stereocenters. The van der Waals surface area contributed by atoms with Crippen LogP contribution in [0.15, 0.2) is 58.1 Å². The van der Waals surface area contributed by atoms with Gasteiger partial charge in [-0.3, -0.25) is 9.59 Å². The Morgan fingerprint density at radius 1 is 1.07 bits per heavy atom. The Balaban J connectivity index is 1.77. The summed E-state index contributed by atoms with van der Waals surface area (Å²) >= 11 is 3.31. The molecule has 2 amide bonds. The van der Waals surface area contributed by atoms with Gasteiger partial charge in [0.25, 0.3) is 0 Å². The van der Waals surface area contributed by atoms with Crippen molar-refractivity contribution in [2.24, 2.45) is 5.10 Å². The summed E-state index contributed by atoms with van der Waals surface area (Å²) in [7, 11) is 1.28. The smallest absolute Gasteiger partial charge is 0.343 e. The number of para-hydroxylation sites is 1. The lowest BCUT2D eigenvalue weighted by molar-refractivity contribution is -0.143. The van der Waals surface area contributed by atoms with Crippen molar-refractivity contribution in [3.8, 4) is 5.75 Å². The van der Waals surface area contributed by atoms with E-state index in [2.05, 4.69) is 36.5 Å². The zero-order chi connectivity index (χ0) is 20.4. The van der Waals surface area contributed by atoms with Crippen molar-refractivity contribution in [1.82, 2.24) is 5.43 Å². The predicted octanol–water partition coefficient (Wildman–Crippen LogP) is 2.48. The lowest BCUT2D eigenvalue weighted by Crippen LogP contribution is -2.24. The Kier molecular flexibility index (Phi) is 8.16. The highest BCUT2D eigenvalue weighted by Gasteiger charge is 2.10. The molecule has 0 radical (unpaired) electrons. The van der Waals surface area contributed by atoms with Crippen LogP contribution in [0.1, 0.15) is 12.0 Å². The van der Waals surface area contributed by atoms with Gasteiger partial charge in [0.2, 0.25) is 11.8 Å². The molecule has 0 spiro atoms. The van der Waals surface area contributed by atoms with Gasteiger partial charge in [-0.05, 0) is 57.9 Å². The Morgan fingerprint density at radius 2 is 1.79 bits per heavy atom. The largest absolute Gasteiger partial charge is 0.482 e. The molecule has 0 aliphatic rings. The summed E-state index contributed by atoms with van der Waals surface area (Å²) in [6.07, 6.45) is 1.06. The van der Waals surface area contributed by atoms with Crippen LogP contribution in [0.2, 0.25) is 0 Å². The Hall–Kier alpha value is -3.20. The van der Waals surface area contributed by atoms with Gasteiger partial charge in [-0.2, -0.15) is 5.10 Å². The van der Waals surface area contributed by atoms with E-state index in [0.29, 0.717) is 17.0 Å². The highest BCUT2D eigenvalue weighted by Crippen LogP contribution is 2.21. The van der Waals surface area contributed by atoms with Gasteiger partial charge in [0, 0.05) is 4.47 Å². The average Bonchev–Trinajstić information content (AvgIpc) is 2.68. The topological polar surface area (TPSA) is 106 Å². The summed E-state index contributed by atoms with van der Waals surface area (Å²) < 4.78 is 10.4. The number of hydrazone groups is 1. The molecule has 0 fully saturated rings. The van der Waals surface area contributed by atoms with E-state index < -0.39 is 17.8 Å². The number of carbonyl (C=O) groups excluding carboxylic acids is 3. The summed E-state index contributed by atoms with van der Waals surface area (Å²) in [6.45, 7) is -0.179. The van der Waals surface area contributed by atoms with E-state index >= 15 is 0 Å². The van der Waals surface area contributed by atoms with Gasteiger partial charge in [0.05, 0.1) is 19.0 Å². The molecule has 0 unspecified atom stereocenters. The van der Waals surface area contributed by atoms with Gasteiger partial charge in [-0.15, -0.1) is 0 Å². The van der Waals surface area contributed by atoms with E-state index in [4.69, 9.17) is 4.74 Å². The van der Waals surface area contributed by atoms with Gasteiger partial charge in [-0.25, -0.2) is 10.2 Å². The van der Waals surface area contributed by atoms with E-state index in [1.165, 1.54) is 13.3 Å². The maximum Gasteiger partial charge on any atom is 0.343 e. The first-order chi connectivity index (χ1) is 13.5. The first-order valence-electron chi connectivity index (χ1n) is 8.14. The SMILES string of the molecule is COC(=O)COc1ccc(C=NNC(=O)CC(=O)Nc2ccccc2Br)cc1. The van der Waals surface area contributed by atoms with Crippen molar-refractivity contribution in [2.45, 2.75) is 6.42 Å². The van der Waals surface area contributed by atoms with Gasteiger partial charge in [-0.1, -0.05) is 12.1 Å². The minimum atomic E-state index is -0.543. The number of nitrogens with zero attached hydrogens (tertiary/aromatic N) is 1. The third kappa shape index (κ3) is 7.20. The molecule has 0 aliphatic heterocycles. The average molecular weight is 448 g/mol. The summed E-state index contributed by atoms with van der Waals surface area (Å²) in [5, 5.41) is 6.44. The fourth-order valence-corrected chi connectivity index (χ4v) is 2.36. The number of benzene rings is 2. The van der Waals surface area contributed by atoms with E-state index in [1.807, 2.05) is 6.07 Å². The quantitative estimate of drug-likeness (QED) is 0.279. The molecule has 2 rings (SSSR count). The number of rotatable bonds is 8. The van der Waals surface area contributed by atoms with Crippen LogP contribution in [-0.4, -0.2) is 37.7 Å². The Labute approximate surface area is 170 Å². The highest BCUT2D eigenvalue weighted by molar-refractivity contribution is 9.10. The molecule has 2 N–H and O–H groups in total. The second-order valence-corrected chi connectivity index (χ2v) is 6.29. The summed E-state index contributed by atoms with van der Waals surface area (Å²) in [4.78, 5) is 34.7. The number of carbonyl (C=O) groups is 3. The third-order valence-electron chi connectivity index (χ3n) is 3.34. The van der Waals surface area contributed by atoms with E-state index in [-0.39, 0.29) is 13.0 Å². The van der Waals surface area contributed by atoms with Crippen molar-refractivity contribution < 1.29 is 23.9 Å². The van der Waals surface area contributed by atoms with Crippen molar-refractivity contribution in [2.75, 3.05) is 19.0 Å². The van der Waals surface area contributed by atoms with E-state index in [0.717, 1.165) is 4.47 Å². The molecule has 146 valence electrons. The zero-order valence-electron chi connectivity index (χ0n) is 15.0. The Bertz CT molecular complexity index is 868. The molecule has 2 aromatic rings. The van der Waals surface area contributed by atoms with E-state index in [9.17, 15) is 14.4 Å². The van der Waals surface area contributed by atoms with Crippen molar-refractivity contribution in [3.05, 3.63) is 58.6 Å². The number of hydrogen-bond donors (Lipinski definition) is 2. The molecule has 0 aromatic heterocycles. The molecule has 9 heteroatoms. The second-order valence-electron chi connectivity index (χ2n) is 5.43. The molecule has 0 saturated carbocycles. The monoisotopic (exact) mass is 447 g/mol. The molecular weight excluding hydrogens is 430 g/mol. The zero-order valence-corrected chi connectivity index (χ0v) is 16.6. The standard InChI is InChI=1S/C19H18BrN3O5/c1-27-19(26)12-28-14-8-6-13(7-9-14)11-21-23-18(25)10-17(24)22-16-5-3-2-4-15(16)20/h2-9,11H,10,12H2,1H3,(H,22,24)(H,23,25). The summed E-state index contributed by atoms with van der Waals surface area (Å²) in [5.41, 5.74) is 3.57. The fraction of sp³-hybridized carbons (Fsp3) is 0.158. The molecular formula is C19H18BrN3O5. The number of esters is 1. The van der Waals surface area contributed by atoms with Crippen LogP contribution in [0.25, 0.3) is 0 Å². The number of amides is 2. The maximum absolute atomic E-state index is 11.9. The van der Waals surface area contributed by atoms with Crippen LogP contribution in [0.3, 0.4) is 0 Å². The fourth-order valence-electron chi connectivity index (χ4n) is 1.97. The van der Waals surface area contributed by atoms with Crippen LogP contribution in [0, 0.1) is 0 Å². The highest BCUT2D eigenvalue weighted by atomic mass is 79.9. The first kappa shape index (κ1) is 21.1. The van der Waals surface area contributed by atoms with Crippen LogP contribution in [0.4, 0.5) is 5.69 Å². The maximum atomic E-state index is 11.9. The molecule has 2 aromatic carbocycles. The molecule has 0 bridgehead atoms. The molecule has 0 heterocycles. The molecule has 0 aliphatic carbocycles. The van der Waals surface area contributed by atoms with Crippen molar-refractivity contribution in [1.29, 1.82) is 0 Å². The van der Waals surface area contributed by atoms with Gasteiger partial charge >= 0.3 is 5.97 Å². The lowest BCUT2D eigenvalue weighted by Gasteiger charge is -2.06. The van der Waals surface area contributed by atoms with Crippen LogP contribution >= 0.6 is 15.9 Å².